The predicted octanol–water partition coefficient (Wildman–Crippen LogP) is 4.61. The van der Waals surface area contributed by atoms with E-state index in [-0.39, 0.29) is 10.6 Å². The van der Waals surface area contributed by atoms with Gasteiger partial charge < -0.3 is 10.1 Å². The highest BCUT2D eigenvalue weighted by molar-refractivity contribution is 6.39. The van der Waals surface area contributed by atoms with Crippen molar-refractivity contribution in [1.82, 2.24) is 5.43 Å². The van der Waals surface area contributed by atoms with Crippen LogP contribution in [0.15, 0.2) is 71.8 Å². The number of hydrogen-bond acceptors (Lipinski definition) is 5. The van der Waals surface area contributed by atoms with Crippen LogP contribution in [-0.2, 0) is 9.59 Å². The second kappa shape index (κ2) is 10.6. The maximum atomic E-state index is 12.2. The summed E-state index contributed by atoms with van der Waals surface area (Å²) >= 11 is 11.8. The highest BCUT2D eigenvalue weighted by atomic mass is 35.5. The van der Waals surface area contributed by atoms with E-state index in [1.165, 1.54) is 18.3 Å². The number of benzene rings is 3. The highest BCUT2D eigenvalue weighted by Gasteiger charge is 2.14. The fourth-order valence-corrected chi connectivity index (χ4v) is 3.05. The summed E-state index contributed by atoms with van der Waals surface area (Å²) in [6.45, 7) is 1.87. The van der Waals surface area contributed by atoms with E-state index in [0.717, 1.165) is 5.56 Å². The Morgan fingerprint density at radius 2 is 1.69 bits per heavy atom. The first-order chi connectivity index (χ1) is 15.3. The zero-order valence-corrected chi connectivity index (χ0v) is 18.3. The summed E-state index contributed by atoms with van der Waals surface area (Å²) in [5.41, 5.74) is 4.41. The first kappa shape index (κ1) is 23.0. The zero-order chi connectivity index (χ0) is 23.1. The summed E-state index contributed by atoms with van der Waals surface area (Å²) in [5, 5.41) is 6.84. The molecule has 0 bridgehead atoms. The number of rotatable bonds is 5. The van der Waals surface area contributed by atoms with E-state index in [4.69, 9.17) is 27.9 Å². The average Bonchev–Trinajstić information content (AvgIpc) is 2.74. The second-order valence-electron chi connectivity index (χ2n) is 6.61. The third kappa shape index (κ3) is 6.41. The van der Waals surface area contributed by atoms with Crippen LogP contribution < -0.4 is 15.5 Å². The van der Waals surface area contributed by atoms with Gasteiger partial charge in [0.2, 0.25) is 0 Å². The topological polar surface area (TPSA) is 96.9 Å². The van der Waals surface area contributed by atoms with E-state index in [2.05, 4.69) is 15.8 Å². The number of hydrogen-bond donors (Lipinski definition) is 2. The maximum absolute atomic E-state index is 12.2. The lowest BCUT2D eigenvalue weighted by Gasteiger charge is -2.06. The number of nitrogens with zero attached hydrogens (tertiary/aromatic N) is 1. The zero-order valence-electron chi connectivity index (χ0n) is 16.8. The number of halogens is 2. The van der Waals surface area contributed by atoms with Crippen LogP contribution in [0.2, 0.25) is 10.0 Å². The molecule has 2 amide bonds. The van der Waals surface area contributed by atoms with Crippen molar-refractivity contribution in [2.75, 3.05) is 5.32 Å². The number of nitrogens with one attached hydrogen (secondary N) is 2. The van der Waals surface area contributed by atoms with Crippen molar-refractivity contribution in [3.05, 3.63) is 93.5 Å². The smallest absolute Gasteiger partial charge is 0.345 e. The van der Waals surface area contributed by atoms with Crippen LogP contribution in [0, 0.1) is 6.92 Å². The number of hydrazone groups is 1. The predicted molar refractivity (Wildman–Crippen MR) is 123 cm³/mol. The average molecular weight is 470 g/mol. The van der Waals surface area contributed by atoms with Gasteiger partial charge in [-0.15, -0.1) is 0 Å². The van der Waals surface area contributed by atoms with Gasteiger partial charge in [0.1, 0.15) is 5.75 Å². The summed E-state index contributed by atoms with van der Waals surface area (Å²) in [6, 6.07) is 17.9. The quantitative estimate of drug-likeness (QED) is 0.187. The Bertz CT molecular complexity index is 1190. The van der Waals surface area contributed by atoms with Crippen LogP contribution in [0.4, 0.5) is 5.69 Å². The molecule has 0 aliphatic carbocycles. The van der Waals surface area contributed by atoms with Crippen molar-refractivity contribution in [1.29, 1.82) is 0 Å². The first-order valence-corrected chi connectivity index (χ1v) is 10.1. The van der Waals surface area contributed by atoms with Gasteiger partial charge in [0.25, 0.3) is 0 Å². The van der Waals surface area contributed by atoms with Crippen LogP contribution in [-0.4, -0.2) is 24.0 Å². The number of ether oxygens (including phenoxy) is 1. The number of carbonyl (C=O) groups excluding carboxylic acids is 3. The molecule has 0 unspecified atom stereocenters. The van der Waals surface area contributed by atoms with Crippen LogP contribution >= 0.6 is 23.2 Å². The maximum Gasteiger partial charge on any atom is 0.345 e. The molecule has 32 heavy (non-hydrogen) atoms. The molecule has 0 spiro atoms. The third-order valence-electron chi connectivity index (χ3n) is 4.10. The molecule has 3 aromatic carbocycles. The second-order valence-corrected chi connectivity index (χ2v) is 7.45. The van der Waals surface area contributed by atoms with Gasteiger partial charge in [-0.2, -0.15) is 5.10 Å². The van der Waals surface area contributed by atoms with Gasteiger partial charge in [0, 0.05) is 10.7 Å². The van der Waals surface area contributed by atoms with E-state index in [1.807, 2.05) is 13.0 Å². The molecule has 0 saturated carbocycles. The first-order valence-electron chi connectivity index (χ1n) is 9.30. The van der Waals surface area contributed by atoms with Crippen molar-refractivity contribution in [2.24, 2.45) is 5.10 Å². The van der Waals surface area contributed by atoms with E-state index >= 15 is 0 Å². The van der Waals surface area contributed by atoms with Crippen molar-refractivity contribution in [3.63, 3.8) is 0 Å². The van der Waals surface area contributed by atoms with Gasteiger partial charge >= 0.3 is 17.8 Å². The van der Waals surface area contributed by atoms with Crippen molar-refractivity contribution in [2.45, 2.75) is 6.92 Å². The SMILES string of the molecule is Cc1cccc(NC(=O)C(=O)NN=Cc2ccc(OC(=O)c3ccc(Cl)cc3Cl)cc2)c1. The van der Waals surface area contributed by atoms with Gasteiger partial charge in [-0.1, -0.05) is 35.3 Å². The van der Waals surface area contributed by atoms with Gasteiger partial charge in [-0.25, -0.2) is 10.2 Å². The lowest BCUT2D eigenvalue weighted by Crippen LogP contribution is -2.32. The molecule has 0 aromatic heterocycles. The van der Waals surface area contributed by atoms with Crippen LogP contribution in [0.25, 0.3) is 0 Å². The lowest BCUT2D eigenvalue weighted by atomic mass is 10.2. The standard InChI is InChI=1S/C23H17Cl2N3O4/c1-14-3-2-4-17(11-14)27-21(29)22(30)28-26-13-15-5-8-18(9-6-15)32-23(31)19-10-7-16(24)12-20(19)25/h2-13H,1H3,(H,27,29)(H,28,30). The molecule has 0 aliphatic heterocycles. The molecule has 0 fully saturated rings. The molecule has 9 heteroatoms. The summed E-state index contributed by atoms with van der Waals surface area (Å²) in [5.74, 6) is -2.08. The molecule has 3 aromatic rings. The number of carbonyl (C=O) groups is 3. The Kier molecular flexibility index (Phi) is 7.59. The molecule has 0 radical (unpaired) electrons. The third-order valence-corrected chi connectivity index (χ3v) is 4.65. The Hall–Kier alpha value is -3.68. The van der Waals surface area contributed by atoms with Crippen molar-refractivity contribution < 1.29 is 19.1 Å². The molecule has 3 rings (SSSR count). The Morgan fingerprint density at radius 1 is 0.938 bits per heavy atom. The summed E-state index contributed by atoms with van der Waals surface area (Å²) in [6.07, 6.45) is 1.35. The molecular formula is C23H17Cl2N3O4. The van der Waals surface area contributed by atoms with Crippen molar-refractivity contribution >= 4 is 52.9 Å². The minimum absolute atomic E-state index is 0.188. The van der Waals surface area contributed by atoms with E-state index in [9.17, 15) is 14.4 Å². The lowest BCUT2D eigenvalue weighted by molar-refractivity contribution is -0.136. The monoisotopic (exact) mass is 469 g/mol. The van der Waals surface area contributed by atoms with Crippen LogP contribution in [0.5, 0.6) is 5.75 Å². The molecular weight excluding hydrogens is 453 g/mol. The van der Waals surface area contributed by atoms with Gasteiger partial charge in [0.15, 0.2) is 0 Å². The van der Waals surface area contributed by atoms with Gasteiger partial charge in [0.05, 0.1) is 16.8 Å². The van der Waals surface area contributed by atoms with E-state index in [0.29, 0.717) is 22.0 Å². The number of esters is 1. The molecule has 162 valence electrons. The highest BCUT2D eigenvalue weighted by Crippen LogP contribution is 2.23. The van der Waals surface area contributed by atoms with Crippen LogP contribution in [0.1, 0.15) is 21.5 Å². The summed E-state index contributed by atoms with van der Waals surface area (Å²) in [4.78, 5) is 36.0. The Morgan fingerprint density at radius 3 is 2.38 bits per heavy atom. The molecule has 2 N–H and O–H groups in total. The fraction of sp³-hybridized carbons (Fsp3) is 0.0435. The number of anilines is 1. The molecule has 0 saturated heterocycles. The van der Waals surface area contributed by atoms with Crippen molar-refractivity contribution in [3.8, 4) is 5.75 Å². The largest absolute Gasteiger partial charge is 0.423 e. The summed E-state index contributed by atoms with van der Waals surface area (Å²) < 4.78 is 5.28. The van der Waals surface area contributed by atoms with E-state index in [1.54, 1.807) is 48.5 Å². The number of amides is 2. The van der Waals surface area contributed by atoms with Crippen LogP contribution in [0.3, 0.4) is 0 Å². The fourth-order valence-electron chi connectivity index (χ4n) is 2.57. The minimum atomic E-state index is -0.909. The Balaban J connectivity index is 1.53. The molecule has 0 atom stereocenters. The summed E-state index contributed by atoms with van der Waals surface area (Å²) in [7, 11) is 0. The molecule has 0 aliphatic rings. The van der Waals surface area contributed by atoms with Gasteiger partial charge in [-0.05, 0) is 72.6 Å². The van der Waals surface area contributed by atoms with Gasteiger partial charge in [-0.3, -0.25) is 9.59 Å². The van der Waals surface area contributed by atoms with E-state index < -0.39 is 17.8 Å². The Labute approximate surface area is 194 Å². The minimum Gasteiger partial charge on any atom is -0.423 e. The molecule has 7 nitrogen and oxygen atoms in total. The number of aryl methyl sites for hydroxylation is 1. The molecule has 0 heterocycles. The normalized spacial score (nSPS) is 10.6.